The second-order valence-electron chi connectivity index (χ2n) is 9.78. The van der Waals surface area contributed by atoms with E-state index in [1.807, 2.05) is 0 Å². The summed E-state index contributed by atoms with van der Waals surface area (Å²) in [6, 6.07) is 12.7. The van der Waals surface area contributed by atoms with Crippen molar-refractivity contribution < 1.29 is 23.5 Å². The number of piperazine rings is 1. The number of ether oxygens (including phenoxy) is 1. The van der Waals surface area contributed by atoms with Gasteiger partial charge < -0.3 is 30.5 Å². The highest BCUT2D eigenvalue weighted by Crippen LogP contribution is 2.30. The molecule has 0 aliphatic carbocycles. The average molecular weight is 598 g/mol. The summed E-state index contributed by atoms with van der Waals surface area (Å²) in [5, 5.41) is 10.8. The first-order valence-corrected chi connectivity index (χ1v) is 13.9. The van der Waals surface area contributed by atoms with E-state index in [2.05, 4.69) is 43.1 Å². The normalized spacial score (nSPS) is 13.7. The minimum absolute atomic E-state index is 0.197. The fourth-order valence-corrected chi connectivity index (χ4v) is 4.37. The van der Waals surface area contributed by atoms with E-state index in [9.17, 15) is 18.8 Å². The maximum absolute atomic E-state index is 13.0. The van der Waals surface area contributed by atoms with Gasteiger partial charge in [0.25, 0.3) is 0 Å². The molecule has 42 heavy (non-hydrogen) atoms. The first kappa shape index (κ1) is 30.7. The zero-order chi connectivity index (χ0) is 29.9. The molecule has 2 aromatic carbocycles. The summed E-state index contributed by atoms with van der Waals surface area (Å²) in [6.45, 7) is 5.70. The van der Waals surface area contributed by atoms with E-state index in [4.69, 9.17) is 16.3 Å². The molecule has 1 saturated heterocycles. The number of nitrogens with zero attached hydrogens (tertiary/aromatic N) is 3. The fourth-order valence-electron chi connectivity index (χ4n) is 4.15. The quantitative estimate of drug-likeness (QED) is 0.191. The van der Waals surface area contributed by atoms with Crippen molar-refractivity contribution in [2.75, 3.05) is 62.3 Å². The van der Waals surface area contributed by atoms with Crippen LogP contribution in [0.1, 0.15) is 12.8 Å². The number of hydrogen-bond donors (Lipinski definition) is 4. The molecule has 2 heterocycles. The molecule has 0 saturated carbocycles. The minimum Gasteiger partial charge on any atom is -0.457 e. The standard InChI is InChI=1S/C29H33ClFN7O4/c1-37-13-15-38(16-14-37)12-2-10-33-29(41)36-26-18-23(9-11-32-26)42-22-7-8-25(24(30)17-22)35-28(40)19-27(39)34-21-5-3-20(31)4-6-21/h3-9,11,17-18H,2,10,12-16,19H2,1H3,(H,34,39)(H,35,40)(H2,32,33,36,41). The molecule has 1 aromatic heterocycles. The second kappa shape index (κ2) is 15.1. The number of nitrogens with one attached hydrogen (secondary N) is 4. The number of anilines is 3. The predicted octanol–water partition coefficient (Wildman–Crippen LogP) is 4.39. The van der Waals surface area contributed by atoms with Crippen molar-refractivity contribution in [1.82, 2.24) is 20.1 Å². The van der Waals surface area contributed by atoms with Gasteiger partial charge in [0, 0.05) is 56.7 Å². The second-order valence-corrected chi connectivity index (χ2v) is 10.2. The summed E-state index contributed by atoms with van der Waals surface area (Å²) >= 11 is 6.32. The lowest BCUT2D eigenvalue weighted by molar-refractivity contribution is -0.123. The van der Waals surface area contributed by atoms with Crippen LogP contribution in [0.5, 0.6) is 11.5 Å². The largest absolute Gasteiger partial charge is 0.457 e. The number of carbonyl (C=O) groups is 3. The lowest BCUT2D eigenvalue weighted by atomic mass is 10.2. The van der Waals surface area contributed by atoms with E-state index < -0.39 is 24.1 Å². The number of likely N-dealkylation sites (N-methyl/N-ethyl adjacent to an activating group) is 1. The van der Waals surface area contributed by atoms with Crippen LogP contribution in [0.3, 0.4) is 0 Å². The third kappa shape index (κ3) is 9.98. The Morgan fingerprint density at radius 2 is 1.64 bits per heavy atom. The van der Waals surface area contributed by atoms with Gasteiger partial charge in [0.2, 0.25) is 11.8 Å². The number of halogens is 2. The Labute approximate surface area is 248 Å². The summed E-state index contributed by atoms with van der Waals surface area (Å²) in [5.74, 6) is -0.445. The highest BCUT2D eigenvalue weighted by molar-refractivity contribution is 6.34. The lowest BCUT2D eigenvalue weighted by Gasteiger charge is -2.32. The van der Waals surface area contributed by atoms with Gasteiger partial charge in [-0.25, -0.2) is 14.2 Å². The molecule has 11 nitrogen and oxygen atoms in total. The van der Waals surface area contributed by atoms with Gasteiger partial charge in [0.15, 0.2) is 0 Å². The monoisotopic (exact) mass is 597 g/mol. The number of pyridine rings is 1. The summed E-state index contributed by atoms with van der Waals surface area (Å²) < 4.78 is 18.9. The SMILES string of the molecule is CN1CCN(CCCNC(=O)Nc2cc(Oc3ccc(NC(=O)CC(=O)Nc4ccc(F)cc4)c(Cl)c3)ccn2)CC1. The Morgan fingerprint density at radius 1 is 0.929 bits per heavy atom. The van der Waals surface area contributed by atoms with Crippen molar-refractivity contribution >= 4 is 46.6 Å². The van der Waals surface area contributed by atoms with Crippen molar-refractivity contribution in [3.05, 3.63) is 71.6 Å². The Kier molecular flexibility index (Phi) is 11.0. The third-order valence-corrected chi connectivity index (χ3v) is 6.72. The van der Waals surface area contributed by atoms with Gasteiger partial charge in [-0.3, -0.25) is 14.9 Å². The number of amides is 4. The van der Waals surface area contributed by atoms with E-state index in [1.54, 1.807) is 24.3 Å². The van der Waals surface area contributed by atoms with Crippen LogP contribution in [-0.4, -0.2) is 78.9 Å². The third-order valence-electron chi connectivity index (χ3n) is 6.41. The number of rotatable bonds is 11. The molecule has 0 radical (unpaired) electrons. The number of aromatic nitrogens is 1. The van der Waals surface area contributed by atoms with Gasteiger partial charge >= 0.3 is 6.03 Å². The molecule has 3 aromatic rings. The smallest absolute Gasteiger partial charge is 0.320 e. The Bertz CT molecular complexity index is 1380. The zero-order valence-electron chi connectivity index (χ0n) is 23.2. The number of urea groups is 1. The Balaban J connectivity index is 1.21. The van der Waals surface area contributed by atoms with Gasteiger partial charge in [0.05, 0.1) is 10.7 Å². The molecule has 1 aliphatic heterocycles. The zero-order valence-corrected chi connectivity index (χ0v) is 23.9. The van der Waals surface area contributed by atoms with Crippen molar-refractivity contribution in [1.29, 1.82) is 0 Å². The molecule has 0 unspecified atom stereocenters. The molecule has 0 atom stereocenters. The molecular weight excluding hydrogens is 565 g/mol. The van der Waals surface area contributed by atoms with E-state index >= 15 is 0 Å². The molecule has 1 aliphatic rings. The van der Waals surface area contributed by atoms with Crippen molar-refractivity contribution in [3.63, 3.8) is 0 Å². The van der Waals surface area contributed by atoms with Crippen LogP contribution < -0.4 is 26.0 Å². The topological polar surface area (TPSA) is 128 Å². The number of carbonyl (C=O) groups excluding carboxylic acids is 3. The molecule has 0 bridgehead atoms. The molecule has 0 spiro atoms. The number of benzene rings is 2. The molecule has 4 rings (SSSR count). The maximum atomic E-state index is 13.0. The average Bonchev–Trinajstić information content (AvgIpc) is 2.95. The molecule has 1 fully saturated rings. The highest BCUT2D eigenvalue weighted by atomic mass is 35.5. The summed E-state index contributed by atoms with van der Waals surface area (Å²) in [5.41, 5.74) is 0.672. The van der Waals surface area contributed by atoms with Crippen molar-refractivity contribution in [2.45, 2.75) is 12.8 Å². The molecule has 4 N–H and O–H groups in total. The van der Waals surface area contributed by atoms with E-state index in [1.165, 1.54) is 36.5 Å². The minimum atomic E-state index is -0.576. The van der Waals surface area contributed by atoms with Gasteiger partial charge in [-0.05, 0) is 62.5 Å². The lowest BCUT2D eigenvalue weighted by Crippen LogP contribution is -2.45. The summed E-state index contributed by atoms with van der Waals surface area (Å²) in [6.07, 6.45) is 1.90. The van der Waals surface area contributed by atoms with Gasteiger partial charge in [-0.15, -0.1) is 0 Å². The van der Waals surface area contributed by atoms with E-state index in [0.29, 0.717) is 35.2 Å². The summed E-state index contributed by atoms with van der Waals surface area (Å²) in [7, 11) is 2.12. The van der Waals surface area contributed by atoms with E-state index in [0.717, 1.165) is 39.1 Å². The first-order valence-electron chi connectivity index (χ1n) is 13.5. The molecular formula is C29H33ClFN7O4. The Hall–Kier alpha value is -4.26. The Morgan fingerprint density at radius 3 is 2.38 bits per heavy atom. The first-order chi connectivity index (χ1) is 20.2. The summed E-state index contributed by atoms with van der Waals surface area (Å²) in [4.78, 5) is 45.6. The van der Waals surface area contributed by atoms with E-state index in [-0.39, 0.29) is 11.1 Å². The van der Waals surface area contributed by atoms with Gasteiger partial charge in [-0.1, -0.05) is 11.6 Å². The van der Waals surface area contributed by atoms with Crippen molar-refractivity contribution in [3.8, 4) is 11.5 Å². The maximum Gasteiger partial charge on any atom is 0.320 e. The van der Waals surface area contributed by atoms with Gasteiger partial charge in [0.1, 0.15) is 29.6 Å². The van der Waals surface area contributed by atoms with Crippen LogP contribution >= 0.6 is 11.6 Å². The number of hydrogen-bond acceptors (Lipinski definition) is 7. The van der Waals surface area contributed by atoms with Crippen LogP contribution in [-0.2, 0) is 9.59 Å². The van der Waals surface area contributed by atoms with Crippen LogP contribution in [0, 0.1) is 5.82 Å². The van der Waals surface area contributed by atoms with Crippen LogP contribution in [0.25, 0.3) is 0 Å². The van der Waals surface area contributed by atoms with Crippen LogP contribution in [0.2, 0.25) is 5.02 Å². The van der Waals surface area contributed by atoms with Crippen LogP contribution in [0.4, 0.5) is 26.4 Å². The van der Waals surface area contributed by atoms with Crippen molar-refractivity contribution in [2.24, 2.45) is 0 Å². The predicted molar refractivity (Wildman–Crippen MR) is 160 cm³/mol. The molecule has 4 amide bonds. The fraction of sp³-hybridized carbons (Fsp3) is 0.310. The highest BCUT2D eigenvalue weighted by Gasteiger charge is 2.14. The molecule has 13 heteroatoms. The van der Waals surface area contributed by atoms with Crippen LogP contribution in [0.15, 0.2) is 60.8 Å². The molecule has 222 valence electrons. The van der Waals surface area contributed by atoms with Gasteiger partial charge in [-0.2, -0.15) is 0 Å².